The molecule has 3 fully saturated rings. The van der Waals surface area contributed by atoms with Gasteiger partial charge in [0, 0.05) is 75.2 Å². The Kier molecular flexibility index (Phi) is 19.3. The van der Waals surface area contributed by atoms with Gasteiger partial charge in [-0.05, 0) is 133 Å². The third-order valence-corrected chi connectivity index (χ3v) is 15.4. The summed E-state index contributed by atoms with van der Waals surface area (Å²) < 4.78 is 39.8. The van der Waals surface area contributed by atoms with Gasteiger partial charge in [0.1, 0.15) is 35.9 Å². The van der Waals surface area contributed by atoms with E-state index in [1.807, 2.05) is 39.8 Å². The fourth-order valence-corrected chi connectivity index (χ4v) is 11.5. The Labute approximate surface area is 410 Å². The van der Waals surface area contributed by atoms with Crippen LogP contribution in [0.2, 0.25) is 0 Å². The molecule has 1 amide bonds. The number of aromatic nitrogens is 1. The number of aliphatic hydroxyl groups excluding tert-OH is 1. The first-order chi connectivity index (χ1) is 33.0. The number of hydrogen-bond donors (Lipinski definition) is 2. The average Bonchev–Trinajstić information content (AvgIpc) is 3.73. The number of rotatable bonds is 11. The van der Waals surface area contributed by atoms with Crippen molar-refractivity contribution in [1.82, 2.24) is 9.47 Å². The van der Waals surface area contributed by atoms with Crippen molar-refractivity contribution in [2.24, 2.45) is 29.6 Å². The molecule has 3 aliphatic heterocycles. The first kappa shape index (κ1) is 54.4. The molecule has 2 N–H and O–H groups in total. The average molecular weight is 963 g/mol. The highest BCUT2D eigenvalue weighted by atomic mass is 16.7. The predicted molar refractivity (Wildman–Crippen MR) is 263 cm³/mol. The summed E-state index contributed by atoms with van der Waals surface area (Å²) in [6, 6.07) is 7.20. The zero-order valence-electron chi connectivity index (χ0n) is 43.0. The molecule has 2 saturated heterocycles. The number of hydrogen-bond acceptors (Lipinski definition) is 12. The van der Waals surface area contributed by atoms with E-state index < -0.39 is 77.8 Å². The fourth-order valence-electron chi connectivity index (χ4n) is 11.5. The van der Waals surface area contributed by atoms with E-state index in [1.54, 1.807) is 28.1 Å². The number of piperidine rings is 1. The number of Topliss-reactive ketones (excluding diaryl/α,β-unsaturated/α-hetero) is 2. The Balaban J connectivity index is 1.30. The number of carbonyl (C=O) groups excluding carboxylic acids is 4. The molecular weight excluding hydrogens is 881 g/mol. The molecule has 2 aromatic rings. The normalized spacial score (nSPS) is 35.2. The highest BCUT2D eigenvalue weighted by molar-refractivity contribution is 6.39. The van der Waals surface area contributed by atoms with Gasteiger partial charge in [0.25, 0.3) is 11.7 Å². The van der Waals surface area contributed by atoms with Gasteiger partial charge < -0.3 is 48.1 Å². The summed E-state index contributed by atoms with van der Waals surface area (Å²) in [5.41, 5.74) is 2.87. The summed E-state index contributed by atoms with van der Waals surface area (Å²) in [6.07, 6.45) is 7.88. The number of aryl methyl sites for hydroxylation is 1. The van der Waals surface area contributed by atoms with Crippen LogP contribution in [0.3, 0.4) is 0 Å². The van der Waals surface area contributed by atoms with Gasteiger partial charge in [-0.2, -0.15) is 0 Å². The van der Waals surface area contributed by atoms with Crippen molar-refractivity contribution in [3.05, 3.63) is 53.8 Å². The molecule has 14 unspecified atom stereocenters. The molecular formula is C55H82N2O12. The maximum absolute atomic E-state index is 14.6. The second kappa shape index (κ2) is 24.5. The number of benzene rings is 1. The van der Waals surface area contributed by atoms with E-state index in [4.69, 9.17) is 28.4 Å². The number of allylic oxidation sites excluding steroid dienone is 3. The van der Waals surface area contributed by atoms with Gasteiger partial charge in [-0.25, -0.2) is 4.79 Å². The lowest BCUT2D eigenvalue weighted by Gasteiger charge is -2.47. The van der Waals surface area contributed by atoms with Crippen LogP contribution in [-0.2, 0) is 49.4 Å². The molecule has 1 saturated carbocycles. The zero-order valence-corrected chi connectivity index (χ0v) is 43.0. The number of aliphatic hydroxyl groups is 2. The zero-order chi connectivity index (χ0) is 50.2. The molecule has 14 atom stereocenters. The fraction of sp³-hybridized carbons (Fsp3) is 0.709. The van der Waals surface area contributed by atoms with Crippen LogP contribution in [0.1, 0.15) is 132 Å². The third-order valence-electron chi connectivity index (χ3n) is 15.4. The van der Waals surface area contributed by atoms with Gasteiger partial charge >= 0.3 is 5.97 Å². The van der Waals surface area contributed by atoms with Crippen LogP contribution < -0.4 is 4.74 Å². The minimum Gasteiger partial charge on any atom is -0.488 e. The standard InChI is InChI=1S/C55H82N2O12/c1-11-22-56-24-21-40-31-41(18-19-42(40)56)67-46-20-17-38(30-47(46)66-13-3)28-35(6)50-37(8)44(58)32-45(59)39(12-2)26-33(4)25-34(5)27-48(64-9)51-49(65-10)29-36(7)55(63,69-51)52(60)53(61)57-23-15-14-16-43(57)54(62)68-50/h18-19,21,24,26,28,31,34,36-39,43-44,46-51,58,63H,11-17,20,22-23,25,27,29-30,32H2,1-10H3. The number of fused-ring (bicyclic) bond motifs is 4. The predicted octanol–water partition coefficient (Wildman–Crippen LogP) is 8.31. The quantitative estimate of drug-likeness (QED) is 0.126. The van der Waals surface area contributed by atoms with Gasteiger partial charge in [-0.15, -0.1) is 0 Å². The van der Waals surface area contributed by atoms with Crippen LogP contribution in [0.5, 0.6) is 5.75 Å². The van der Waals surface area contributed by atoms with Crippen LogP contribution in [0, 0.1) is 29.6 Å². The number of cyclic esters (lactones) is 1. The van der Waals surface area contributed by atoms with E-state index in [0.29, 0.717) is 50.7 Å². The maximum Gasteiger partial charge on any atom is 0.329 e. The van der Waals surface area contributed by atoms with E-state index in [9.17, 15) is 29.4 Å². The lowest BCUT2D eigenvalue weighted by atomic mass is 9.81. The minimum absolute atomic E-state index is 0.0181. The van der Waals surface area contributed by atoms with Crippen molar-refractivity contribution in [2.45, 2.75) is 194 Å². The Morgan fingerprint density at radius 3 is 2.35 bits per heavy atom. The summed E-state index contributed by atoms with van der Waals surface area (Å²) in [4.78, 5) is 58.7. The second-order valence-corrected chi connectivity index (χ2v) is 20.7. The highest BCUT2D eigenvalue weighted by Gasteiger charge is 2.56. The van der Waals surface area contributed by atoms with Crippen LogP contribution >= 0.6 is 0 Å². The summed E-state index contributed by atoms with van der Waals surface area (Å²) >= 11 is 0. The lowest BCUT2D eigenvalue weighted by molar-refractivity contribution is -0.302. The van der Waals surface area contributed by atoms with Crippen LogP contribution in [0.25, 0.3) is 10.9 Å². The number of methoxy groups -OCH3 is 2. The van der Waals surface area contributed by atoms with E-state index in [1.165, 1.54) is 10.4 Å². The first-order valence-electron chi connectivity index (χ1n) is 25.9. The number of ether oxygens (including phenoxy) is 6. The van der Waals surface area contributed by atoms with Gasteiger partial charge in [0.2, 0.25) is 5.79 Å². The van der Waals surface area contributed by atoms with Crippen molar-refractivity contribution in [3.8, 4) is 5.75 Å². The molecule has 69 heavy (non-hydrogen) atoms. The number of amides is 1. The van der Waals surface area contributed by atoms with E-state index in [-0.39, 0.29) is 55.6 Å². The molecule has 384 valence electrons. The summed E-state index contributed by atoms with van der Waals surface area (Å²) in [5, 5.41) is 25.2. The second-order valence-electron chi connectivity index (χ2n) is 20.7. The molecule has 4 aliphatic rings. The monoisotopic (exact) mass is 963 g/mol. The topological polar surface area (TPSA) is 172 Å². The van der Waals surface area contributed by atoms with Crippen molar-refractivity contribution in [1.29, 1.82) is 0 Å². The summed E-state index contributed by atoms with van der Waals surface area (Å²) in [5.74, 6) is -6.68. The molecule has 0 spiro atoms. The number of carbonyl (C=O) groups is 4. The van der Waals surface area contributed by atoms with E-state index in [0.717, 1.165) is 42.5 Å². The summed E-state index contributed by atoms with van der Waals surface area (Å²) in [7, 11) is 3.09. The van der Waals surface area contributed by atoms with Crippen molar-refractivity contribution < 1.29 is 57.8 Å². The molecule has 1 aliphatic carbocycles. The molecule has 0 radical (unpaired) electrons. The van der Waals surface area contributed by atoms with E-state index >= 15 is 0 Å². The van der Waals surface area contributed by atoms with Crippen LogP contribution in [0.15, 0.2) is 53.8 Å². The van der Waals surface area contributed by atoms with Crippen LogP contribution in [0.4, 0.5) is 0 Å². The largest absolute Gasteiger partial charge is 0.488 e. The Bertz CT molecular complexity index is 2130. The smallest absolute Gasteiger partial charge is 0.329 e. The molecule has 1 aromatic carbocycles. The van der Waals surface area contributed by atoms with Gasteiger partial charge in [-0.1, -0.05) is 52.3 Å². The Morgan fingerprint density at radius 2 is 1.65 bits per heavy atom. The maximum atomic E-state index is 14.6. The van der Waals surface area contributed by atoms with Crippen LogP contribution in [-0.4, -0.2) is 125 Å². The molecule has 14 nitrogen and oxygen atoms in total. The molecule has 6 rings (SSSR count). The molecule has 4 heterocycles. The highest BCUT2D eigenvalue weighted by Crippen LogP contribution is 2.40. The number of nitrogens with zero attached hydrogens (tertiary/aromatic N) is 2. The molecule has 2 bridgehead atoms. The Morgan fingerprint density at radius 1 is 0.913 bits per heavy atom. The van der Waals surface area contributed by atoms with Crippen molar-refractivity contribution in [3.63, 3.8) is 0 Å². The number of esters is 1. The van der Waals surface area contributed by atoms with Crippen molar-refractivity contribution in [2.75, 3.05) is 27.4 Å². The van der Waals surface area contributed by atoms with Gasteiger partial charge in [-0.3, -0.25) is 14.4 Å². The molecule has 1 aromatic heterocycles. The Hall–Kier alpha value is -3.92. The minimum atomic E-state index is -2.51. The third kappa shape index (κ3) is 12.8. The van der Waals surface area contributed by atoms with E-state index in [2.05, 4.69) is 48.9 Å². The van der Waals surface area contributed by atoms with Gasteiger partial charge in [0.05, 0.1) is 24.4 Å². The SMILES string of the molecule is CCCn1ccc2cc(OC3CCC(C=C(C)C4OC(=O)C5CCCCN5C(=O)C(=O)C5(O)OC(C(OC)CC(C)CC(C)=CC(CC)C(=O)CC(O)C4C)C(OC)CC5C)CC3OCC)ccc21. The lowest BCUT2D eigenvalue weighted by Crippen LogP contribution is -2.64. The van der Waals surface area contributed by atoms with Gasteiger partial charge in [0.15, 0.2) is 0 Å². The molecule has 14 heteroatoms. The first-order valence-corrected chi connectivity index (χ1v) is 25.9. The van der Waals surface area contributed by atoms with Crippen molar-refractivity contribution >= 4 is 34.3 Å². The summed E-state index contributed by atoms with van der Waals surface area (Å²) in [6.45, 7) is 17.0. The number of ketones is 2.